The molecule has 1 fully saturated rings. The first-order valence-corrected chi connectivity index (χ1v) is 6.93. The average Bonchev–Trinajstić information content (AvgIpc) is 2.36. The van der Waals surface area contributed by atoms with Crippen molar-refractivity contribution in [3.8, 4) is 0 Å². The highest BCUT2D eigenvalue weighted by Crippen LogP contribution is 2.33. The minimum Gasteiger partial charge on any atom is -0.333 e. The monoisotopic (exact) mass is 371 g/mol. The van der Waals surface area contributed by atoms with Gasteiger partial charge in [0, 0.05) is 17.4 Å². The molecular weight excluding hydrogens is 361 g/mol. The van der Waals surface area contributed by atoms with Crippen molar-refractivity contribution in [3.05, 3.63) is 33.8 Å². The van der Waals surface area contributed by atoms with E-state index in [4.69, 9.17) is 0 Å². The summed E-state index contributed by atoms with van der Waals surface area (Å²) in [6.45, 7) is -0.661. The molecule has 0 spiro atoms. The number of piperidine rings is 1. The van der Waals surface area contributed by atoms with Crippen LogP contribution in [0.2, 0.25) is 0 Å². The number of hydrogen-bond donors (Lipinski definition) is 0. The predicted molar refractivity (Wildman–Crippen MR) is 69.2 cm³/mol. The summed E-state index contributed by atoms with van der Waals surface area (Å²) in [5.74, 6) is -3.82. The summed E-state index contributed by atoms with van der Waals surface area (Å²) in [7, 11) is 0. The smallest absolute Gasteiger partial charge is 0.333 e. The number of alkyl halides is 5. The van der Waals surface area contributed by atoms with Crippen LogP contribution in [0, 0.1) is 0 Å². The topological polar surface area (TPSA) is 20.3 Å². The molecule has 1 aromatic rings. The molecule has 0 unspecified atom stereocenters. The van der Waals surface area contributed by atoms with Crippen LogP contribution < -0.4 is 0 Å². The summed E-state index contributed by atoms with van der Waals surface area (Å²) >= 11 is 2.99. The summed E-state index contributed by atoms with van der Waals surface area (Å²) in [5.41, 5.74) is -1.25. The third-order valence-electron chi connectivity index (χ3n) is 3.20. The number of likely N-dealkylation sites (tertiary alicyclic amines) is 1. The maximum Gasteiger partial charge on any atom is 0.416 e. The number of amides is 1. The lowest BCUT2D eigenvalue weighted by atomic mass is 10.0. The fraction of sp³-hybridized carbons (Fsp3) is 0.462. The first-order valence-electron chi connectivity index (χ1n) is 6.14. The number of nitrogens with zero attached hydrogens (tertiary/aromatic N) is 1. The fourth-order valence-corrected chi connectivity index (χ4v) is 2.59. The van der Waals surface area contributed by atoms with Crippen molar-refractivity contribution in [1.29, 1.82) is 0 Å². The molecule has 0 radical (unpaired) electrons. The lowest BCUT2D eigenvalue weighted by Crippen LogP contribution is -2.45. The van der Waals surface area contributed by atoms with Gasteiger partial charge in [-0.1, -0.05) is 0 Å². The highest BCUT2D eigenvalue weighted by molar-refractivity contribution is 9.10. The van der Waals surface area contributed by atoms with Crippen molar-refractivity contribution in [3.63, 3.8) is 0 Å². The number of benzene rings is 1. The van der Waals surface area contributed by atoms with Gasteiger partial charge < -0.3 is 4.90 Å². The minimum absolute atomic E-state index is 0.108. The van der Waals surface area contributed by atoms with E-state index in [0.29, 0.717) is 6.07 Å². The van der Waals surface area contributed by atoms with E-state index in [1.807, 2.05) is 0 Å². The van der Waals surface area contributed by atoms with Gasteiger partial charge in [0.25, 0.3) is 11.8 Å². The van der Waals surface area contributed by atoms with Crippen LogP contribution in [0.15, 0.2) is 22.7 Å². The summed E-state index contributed by atoms with van der Waals surface area (Å²) < 4.78 is 64.8. The number of hydrogen-bond acceptors (Lipinski definition) is 1. The SMILES string of the molecule is O=C(c1cc(C(F)(F)F)ccc1Br)N1CCCC(F)(F)C1. The van der Waals surface area contributed by atoms with Gasteiger partial charge in [0.15, 0.2) is 0 Å². The third kappa shape index (κ3) is 3.72. The molecule has 8 heteroatoms. The number of halogens is 6. The van der Waals surface area contributed by atoms with E-state index in [-0.39, 0.29) is 29.4 Å². The Morgan fingerprint density at radius 2 is 1.95 bits per heavy atom. The van der Waals surface area contributed by atoms with Crippen molar-refractivity contribution < 1.29 is 26.7 Å². The average molecular weight is 372 g/mol. The second kappa shape index (κ2) is 5.55. The van der Waals surface area contributed by atoms with E-state index in [0.717, 1.165) is 17.0 Å². The lowest BCUT2D eigenvalue weighted by Gasteiger charge is -2.32. The van der Waals surface area contributed by atoms with Crippen LogP contribution in [0.25, 0.3) is 0 Å². The molecule has 1 heterocycles. The molecule has 1 saturated heterocycles. The van der Waals surface area contributed by atoms with Gasteiger partial charge in [0.1, 0.15) is 0 Å². The largest absolute Gasteiger partial charge is 0.416 e. The van der Waals surface area contributed by atoms with Gasteiger partial charge >= 0.3 is 6.18 Å². The number of carbonyl (C=O) groups excluding carboxylic acids is 1. The van der Waals surface area contributed by atoms with Gasteiger partial charge in [-0.3, -0.25) is 4.79 Å². The van der Waals surface area contributed by atoms with Gasteiger partial charge in [-0.05, 0) is 40.5 Å². The van der Waals surface area contributed by atoms with Gasteiger partial charge in [-0.2, -0.15) is 13.2 Å². The zero-order valence-corrected chi connectivity index (χ0v) is 12.3. The summed E-state index contributed by atoms with van der Waals surface area (Å²) in [5, 5.41) is 0. The van der Waals surface area contributed by atoms with Gasteiger partial charge in [0.05, 0.1) is 17.7 Å². The molecule has 0 aromatic heterocycles. The number of carbonyl (C=O) groups is 1. The maximum absolute atomic E-state index is 13.3. The molecule has 0 N–H and O–H groups in total. The molecule has 0 aliphatic carbocycles. The molecule has 21 heavy (non-hydrogen) atoms. The van der Waals surface area contributed by atoms with E-state index in [2.05, 4.69) is 15.9 Å². The highest BCUT2D eigenvalue weighted by Gasteiger charge is 2.38. The molecule has 2 rings (SSSR count). The van der Waals surface area contributed by atoms with Crippen molar-refractivity contribution in [2.24, 2.45) is 0 Å². The van der Waals surface area contributed by atoms with Crippen LogP contribution >= 0.6 is 15.9 Å². The van der Waals surface area contributed by atoms with Crippen molar-refractivity contribution in [2.45, 2.75) is 24.9 Å². The van der Waals surface area contributed by atoms with Crippen LogP contribution in [0.1, 0.15) is 28.8 Å². The quantitative estimate of drug-likeness (QED) is 0.672. The molecule has 1 aromatic carbocycles. The summed E-state index contributed by atoms with van der Waals surface area (Å²) in [6, 6.07) is 2.60. The van der Waals surface area contributed by atoms with Crippen molar-refractivity contribution in [1.82, 2.24) is 4.90 Å². The van der Waals surface area contributed by atoms with Gasteiger partial charge in [-0.15, -0.1) is 0 Å². The van der Waals surface area contributed by atoms with Gasteiger partial charge in [0.2, 0.25) is 0 Å². The maximum atomic E-state index is 13.3. The Morgan fingerprint density at radius 3 is 2.52 bits per heavy atom. The Hall–Kier alpha value is -1.18. The minimum atomic E-state index is -4.60. The summed E-state index contributed by atoms with van der Waals surface area (Å²) in [4.78, 5) is 13.1. The molecule has 0 saturated carbocycles. The van der Waals surface area contributed by atoms with E-state index < -0.39 is 30.1 Å². The zero-order chi connectivity index (χ0) is 15.8. The van der Waals surface area contributed by atoms with Crippen LogP contribution in [0.3, 0.4) is 0 Å². The molecule has 116 valence electrons. The summed E-state index contributed by atoms with van der Waals surface area (Å²) in [6.07, 6.45) is -4.79. The molecule has 0 bridgehead atoms. The van der Waals surface area contributed by atoms with E-state index in [1.54, 1.807) is 0 Å². The van der Waals surface area contributed by atoms with E-state index >= 15 is 0 Å². The normalized spacial score (nSPS) is 18.7. The third-order valence-corrected chi connectivity index (χ3v) is 3.90. The molecule has 1 aliphatic rings. The first kappa shape index (κ1) is 16.2. The standard InChI is InChI=1S/C13H11BrF5NO/c14-10-3-2-8(13(17,18)19)6-9(10)11(21)20-5-1-4-12(15,16)7-20/h2-3,6H,1,4-5,7H2. The van der Waals surface area contributed by atoms with Crippen LogP contribution in [0.4, 0.5) is 22.0 Å². The molecule has 0 atom stereocenters. The van der Waals surface area contributed by atoms with Crippen molar-refractivity contribution in [2.75, 3.05) is 13.1 Å². The Balaban J connectivity index is 2.30. The Kier molecular flexibility index (Phi) is 4.28. The molecule has 1 amide bonds. The second-order valence-electron chi connectivity index (χ2n) is 4.88. The fourth-order valence-electron chi connectivity index (χ4n) is 2.18. The Bertz CT molecular complexity index is 558. The second-order valence-corrected chi connectivity index (χ2v) is 5.73. The number of rotatable bonds is 1. The highest BCUT2D eigenvalue weighted by atomic mass is 79.9. The molecule has 1 aliphatic heterocycles. The van der Waals surface area contributed by atoms with Crippen molar-refractivity contribution >= 4 is 21.8 Å². The first-order chi connectivity index (χ1) is 9.60. The lowest BCUT2D eigenvalue weighted by molar-refractivity contribution is -0.137. The Labute approximate surface area is 126 Å². The van der Waals surface area contributed by atoms with Crippen LogP contribution in [0.5, 0.6) is 0 Å². The molecule has 2 nitrogen and oxygen atoms in total. The van der Waals surface area contributed by atoms with Crippen LogP contribution in [-0.4, -0.2) is 29.8 Å². The Morgan fingerprint density at radius 1 is 1.29 bits per heavy atom. The van der Waals surface area contributed by atoms with Gasteiger partial charge in [-0.25, -0.2) is 8.78 Å². The van der Waals surface area contributed by atoms with E-state index in [1.165, 1.54) is 0 Å². The van der Waals surface area contributed by atoms with Crippen LogP contribution in [-0.2, 0) is 6.18 Å². The van der Waals surface area contributed by atoms with E-state index in [9.17, 15) is 26.7 Å². The predicted octanol–water partition coefficient (Wildman–Crippen LogP) is 4.34. The molecular formula is C13H11BrF5NO. The zero-order valence-electron chi connectivity index (χ0n) is 10.7.